The largest absolute Gasteiger partial charge is 0.396 e. The molecule has 3 heteroatoms. The molecule has 0 bridgehead atoms. The Kier molecular flexibility index (Phi) is 5.59. The molecule has 0 unspecified atom stereocenters. The van der Waals surface area contributed by atoms with E-state index in [9.17, 15) is 9.90 Å². The second-order valence-corrected chi connectivity index (χ2v) is 6.11. The van der Waals surface area contributed by atoms with Crippen LogP contribution in [-0.2, 0) is 4.79 Å². The van der Waals surface area contributed by atoms with Gasteiger partial charge in [-0.15, -0.1) is 0 Å². The molecule has 0 aromatic heterocycles. The number of hydrogen-bond donors (Lipinski definition) is 2. The van der Waals surface area contributed by atoms with E-state index in [1.54, 1.807) is 0 Å². The van der Waals surface area contributed by atoms with Crippen LogP contribution in [0.3, 0.4) is 0 Å². The lowest BCUT2D eigenvalue weighted by Crippen LogP contribution is -2.17. The summed E-state index contributed by atoms with van der Waals surface area (Å²) in [4.78, 5) is 11.5. The predicted octanol–water partition coefficient (Wildman–Crippen LogP) is 2.46. The minimum absolute atomic E-state index is 0.203. The third-order valence-corrected chi connectivity index (χ3v) is 4.68. The summed E-state index contributed by atoms with van der Waals surface area (Å²) in [5.74, 6) is 1.41. The van der Waals surface area contributed by atoms with Gasteiger partial charge in [-0.05, 0) is 37.5 Å². The summed E-state index contributed by atoms with van der Waals surface area (Å²) in [6.07, 6.45) is 11.6. The maximum atomic E-state index is 11.5. The van der Waals surface area contributed by atoms with Gasteiger partial charge in [0.2, 0.25) is 0 Å². The van der Waals surface area contributed by atoms with E-state index < -0.39 is 0 Å². The molecule has 0 heterocycles. The number of carbonyl (C=O) groups is 1. The van der Waals surface area contributed by atoms with Gasteiger partial charge in [0.25, 0.3) is 0 Å². The summed E-state index contributed by atoms with van der Waals surface area (Å²) in [6.45, 7) is 0.293. The third kappa shape index (κ3) is 3.90. The van der Waals surface area contributed by atoms with Crippen LogP contribution in [0.25, 0.3) is 0 Å². The molecule has 0 radical (unpaired) electrons. The van der Waals surface area contributed by atoms with Gasteiger partial charge >= 0.3 is 0 Å². The summed E-state index contributed by atoms with van der Waals surface area (Å²) in [6, 6.07) is 0. The first-order valence-electron chi connectivity index (χ1n) is 7.69. The van der Waals surface area contributed by atoms with Gasteiger partial charge in [0.05, 0.1) is 6.10 Å². The van der Waals surface area contributed by atoms with Crippen molar-refractivity contribution < 1.29 is 15.0 Å². The molecule has 2 N–H and O–H groups in total. The lowest BCUT2D eigenvalue weighted by Gasteiger charge is -2.16. The van der Waals surface area contributed by atoms with Crippen LogP contribution in [0.15, 0.2) is 12.2 Å². The zero-order valence-corrected chi connectivity index (χ0v) is 11.6. The highest BCUT2D eigenvalue weighted by atomic mass is 16.3. The van der Waals surface area contributed by atoms with Gasteiger partial charge in [0.15, 0.2) is 0 Å². The van der Waals surface area contributed by atoms with Crippen LogP contribution >= 0.6 is 0 Å². The minimum Gasteiger partial charge on any atom is -0.396 e. The average molecular weight is 266 g/mol. The van der Waals surface area contributed by atoms with Crippen molar-refractivity contribution in [2.45, 2.75) is 57.5 Å². The van der Waals surface area contributed by atoms with Crippen LogP contribution in [0.4, 0.5) is 0 Å². The molecule has 0 saturated heterocycles. The van der Waals surface area contributed by atoms with Crippen molar-refractivity contribution in [2.24, 2.45) is 17.8 Å². The average Bonchev–Trinajstić information content (AvgIpc) is 2.85. The molecule has 0 spiro atoms. The molecule has 2 aliphatic carbocycles. The lowest BCUT2D eigenvalue weighted by atomic mass is 9.90. The summed E-state index contributed by atoms with van der Waals surface area (Å²) < 4.78 is 0. The normalized spacial score (nSPS) is 34.3. The number of hydrogen-bond acceptors (Lipinski definition) is 3. The van der Waals surface area contributed by atoms with Gasteiger partial charge in [-0.2, -0.15) is 0 Å². The van der Waals surface area contributed by atoms with Crippen LogP contribution < -0.4 is 0 Å². The van der Waals surface area contributed by atoms with Crippen LogP contribution in [0.2, 0.25) is 0 Å². The summed E-state index contributed by atoms with van der Waals surface area (Å²) in [5.41, 5.74) is 0. The second kappa shape index (κ2) is 7.20. The molecule has 0 aliphatic heterocycles. The van der Waals surface area contributed by atoms with E-state index in [2.05, 4.69) is 12.2 Å². The fourth-order valence-corrected chi connectivity index (χ4v) is 3.67. The number of carbonyl (C=O) groups excluding carboxylic acids is 1. The molecule has 2 aliphatic rings. The molecule has 2 fully saturated rings. The lowest BCUT2D eigenvalue weighted by molar-refractivity contribution is -0.118. The topological polar surface area (TPSA) is 57.5 Å². The van der Waals surface area contributed by atoms with Gasteiger partial charge in [-0.3, -0.25) is 4.79 Å². The zero-order valence-electron chi connectivity index (χ0n) is 11.6. The second-order valence-electron chi connectivity index (χ2n) is 6.11. The van der Waals surface area contributed by atoms with E-state index >= 15 is 0 Å². The smallest absolute Gasteiger partial charge is 0.133 e. The van der Waals surface area contributed by atoms with Gasteiger partial charge in [0.1, 0.15) is 5.78 Å². The Morgan fingerprint density at radius 2 is 1.95 bits per heavy atom. The van der Waals surface area contributed by atoms with E-state index in [-0.39, 0.29) is 12.0 Å². The first-order chi connectivity index (χ1) is 9.22. The Bertz CT molecular complexity index is 324. The Balaban J connectivity index is 1.70. The molecule has 2 rings (SSSR count). The van der Waals surface area contributed by atoms with Crippen molar-refractivity contribution in [1.29, 1.82) is 0 Å². The molecule has 4 atom stereocenters. The SMILES string of the molecule is O=C1C[C@H]2C[C@@H](O)[C@H](/C=C/CCCCCCO)[C@H]2C1. The number of aliphatic hydroxyl groups is 2. The first-order valence-corrected chi connectivity index (χ1v) is 7.69. The fourth-order valence-electron chi connectivity index (χ4n) is 3.67. The monoisotopic (exact) mass is 266 g/mol. The Hall–Kier alpha value is -0.670. The standard InChI is InChI=1S/C16H26O3/c17-8-6-4-2-1-3-5-7-14-15-11-13(18)9-12(15)10-16(14)19/h5,7,12,14-17,19H,1-4,6,8-11H2/b7-5+/t12-,14+,15-,16+/m0/s1. The number of rotatable bonds is 7. The molecule has 0 aromatic rings. The van der Waals surface area contributed by atoms with Crippen LogP contribution in [0.1, 0.15) is 51.4 Å². The minimum atomic E-state index is -0.242. The number of aliphatic hydroxyl groups excluding tert-OH is 2. The Morgan fingerprint density at radius 1 is 1.16 bits per heavy atom. The van der Waals surface area contributed by atoms with E-state index in [4.69, 9.17) is 5.11 Å². The van der Waals surface area contributed by atoms with E-state index in [1.165, 1.54) is 0 Å². The fraction of sp³-hybridized carbons (Fsp3) is 0.812. The quantitative estimate of drug-likeness (QED) is 0.550. The van der Waals surface area contributed by atoms with Crippen LogP contribution in [0.5, 0.6) is 0 Å². The molecular formula is C16H26O3. The Morgan fingerprint density at radius 3 is 2.74 bits per heavy atom. The van der Waals surface area contributed by atoms with Gasteiger partial charge in [-0.1, -0.05) is 25.0 Å². The van der Waals surface area contributed by atoms with Crippen molar-refractivity contribution in [3.8, 4) is 0 Å². The maximum absolute atomic E-state index is 11.5. The number of Topliss-reactive ketones (excluding diaryl/α,β-unsaturated/α-hetero) is 1. The van der Waals surface area contributed by atoms with Crippen LogP contribution in [-0.4, -0.2) is 28.7 Å². The van der Waals surface area contributed by atoms with E-state index in [0.717, 1.165) is 38.5 Å². The van der Waals surface area contributed by atoms with Crippen molar-refractivity contribution in [1.82, 2.24) is 0 Å². The molecule has 0 aromatic carbocycles. The van der Waals surface area contributed by atoms with Gasteiger partial charge in [-0.25, -0.2) is 0 Å². The van der Waals surface area contributed by atoms with Gasteiger partial charge < -0.3 is 10.2 Å². The first kappa shape index (κ1) is 14.7. The van der Waals surface area contributed by atoms with Crippen LogP contribution in [0, 0.1) is 17.8 Å². The third-order valence-electron chi connectivity index (χ3n) is 4.68. The summed E-state index contributed by atoms with van der Waals surface area (Å²) in [5, 5.41) is 18.7. The molecule has 0 amide bonds. The van der Waals surface area contributed by atoms with E-state index in [1.807, 2.05) is 0 Å². The van der Waals surface area contributed by atoms with Crippen molar-refractivity contribution in [3.05, 3.63) is 12.2 Å². The summed E-state index contributed by atoms with van der Waals surface area (Å²) >= 11 is 0. The molecule has 3 nitrogen and oxygen atoms in total. The van der Waals surface area contributed by atoms with Crippen molar-refractivity contribution >= 4 is 5.78 Å². The molecule has 19 heavy (non-hydrogen) atoms. The van der Waals surface area contributed by atoms with E-state index in [0.29, 0.717) is 37.1 Å². The number of allylic oxidation sites excluding steroid dienone is 1. The Labute approximate surface area is 115 Å². The molecule has 2 saturated carbocycles. The molecule has 108 valence electrons. The summed E-state index contributed by atoms with van der Waals surface area (Å²) in [7, 11) is 0. The molecular weight excluding hydrogens is 240 g/mol. The maximum Gasteiger partial charge on any atom is 0.133 e. The highest BCUT2D eigenvalue weighted by molar-refractivity contribution is 5.81. The number of ketones is 1. The van der Waals surface area contributed by atoms with Crippen molar-refractivity contribution in [3.63, 3.8) is 0 Å². The zero-order chi connectivity index (χ0) is 13.7. The highest BCUT2D eigenvalue weighted by Gasteiger charge is 2.46. The highest BCUT2D eigenvalue weighted by Crippen LogP contribution is 2.46. The van der Waals surface area contributed by atoms with Gasteiger partial charge in [0, 0.05) is 25.4 Å². The predicted molar refractivity (Wildman–Crippen MR) is 74.6 cm³/mol. The van der Waals surface area contributed by atoms with Crippen molar-refractivity contribution in [2.75, 3.05) is 6.61 Å². The number of fused-ring (bicyclic) bond motifs is 1. The number of unbranched alkanes of at least 4 members (excludes halogenated alkanes) is 4.